The Morgan fingerprint density at radius 3 is 2.85 bits per heavy atom. The van der Waals surface area contributed by atoms with Crippen LogP contribution in [0, 0.1) is 5.41 Å². The van der Waals surface area contributed by atoms with Crippen LogP contribution in [0.15, 0.2) is 61.8 Å². The quantitative estimate of drug-likeness (QED) is 0.633. The first kappa shape index (κ1) is 16.9. The number of fused-ring (bicyclic) bond motifs is 1. The Hall–Kier alpha value is -2.58. The zero-order valence-corrected chi connectivity index (χ0v) is 15.4. The molecule has 0 saturated carbocycles. The van der Waals surface area contributed by atoms with E-state index in [1.165, 1.54) is 11.8 Å². The summed E-state index contributed by atoms with van der Waals surface area (Å²) in [7, 11) is 0. The fourth-order valence-electron chi connectivity index (χ4n) is 2.55. The molecule has 4 rings (SSSR count). The number of aliphatic imine (C=N–C) groups is 1. The molecule has 2 aromatic rings. The number of nitrogens with zero attached hydrogens (tertiary/aromatic N) is 3. The number of rotatable bonds is 3. The fraction of sp³-hybridized carbons (Fsp3) is 0.111. The highest BCUT2D eigenvalue weighted by Gasteiger charge is 2.37. The van der Waals surface area contributed by atoms with Crippen LogP contribution in [0.25, 0.3) is 17.4 Å². The normalized spacial score (nSPS) is 18.2. The molecule has 1 N–H and O–H groups in total. The van der Waals surface area contributed by atoms with E-state index in [4.69, 9.17) is 9.83 Å². The molecule has 0 atom stereocenters. The topological polar surface area (TPSA) is 82.0 Å². The third kappa shape index (κ3) is 3.02. The van der Waals surface area contributed by atoms with Gasteiger partial charge in [-0.2, -0.15) is 9.39 Å². The van der Waals surface area contributed by atoms with E-state index in [0.717, 1.165) is 23.3 Å². The van der Waals surface area contributed by atoms with Crippen LogP contribution >= 0.6 is 23.7 Å². The van der Waals surface area contributed by atoms with Crippen molar-refractivity contribution in [2.24, 2.45) is 9.39 Å². The number of carbonyl (C=O) groups excluding carboxylic acids is 1. The molecule has 130 valence electrons. The monoisotopic (exact) mass is 382 g/mol. The van der Waals surface area contributed by atoms with Gasteiger partial charge in [-0.25, -0.2) is 4.90 Å². The van der Waals surface area contributed by atoms with Crippen molar-refractivity contribution >= 4 is 51.9 Å². The van der Waals surface area contributed by atoms with E-state index >= 15 is 0 Å². The van der Waals surface area contributed by atoms with Gasteiger partial charge in [-0.15, -0.1) is 0 Å². The van der Waals surface area contributed by atoms with Crippen LogP contribution in [0.2, 0.25) is 0 Å². The molecule has 6 nitrogen and oxygen atoms in total. The molecule has 0 fully saturated rings. The average molecular weight is 382 g/mol. The molecule has 8 heteroatoms. The Balaban J connectivity index is 1.66. The maximum absolute atomic E-state index is 12.4. The Labute approximate surface area is 158 Å². The van der Waals surface area contributed by atoms with E-state index in [2.05, 4.69) is 9.39 Å². The molecule has 2 aliphatic rings. The van der Waals surface area contributed by atoms with Gasteiger partial charge in [-0.05, 0) is 24.0 Å². The van der Waals surface area contributed by atoms with Gasteiger partial charge >= 0.3 is 0 Å². The fourth-order valence-corrected chi connectivity index (χ4v) is 4.12. The number of benzene rings is 1. The van der Waals surface area contributed by atoms with Gasteiger partial charge in [0.25, 0.3) is 5.91 Å². The first-order valence-electron chi connectivity index (χ1n) is 7.94. The van der Waals surface area contributed by atoms with Crippen LogP contribution in [0.5, 0.6) is 0 Å². The second-order valence-electron chi connectivity index (χ2n) is 5.41. The zero-order valence-electron chi connectivity index (χ0n) is 13.8. The van der Waals surface area contributed by atoms with E-state index < -0.39 is 5.91 Å². The summed E-state index contributed by atoms with van der Waals surface area (Å²) in [6, 6.07) is 13.3. The van der Waals surface area contributed by atoms with E-state index in [9.17, 15) is 4.79 Å². The van der Waals surface area contributed by atoms with Crippen LogP contribution in [-0.4, -0.2) is 32.7 Å². The van der Waals surface area contributed by atoms with Crippen LogP contribution in [-0.2, 0) is 4.79 Å². The highest BCUT2D eigenvalue weighted by atomic mass is 32.2. The number of amidine groups is 3. The molecular weight excluding hydrogens is 368 g/mol. The second-order valence-corrected chi connectivity index (χ2v) is 7.37. The number of carbonyl (C=O) groups is 1. The summed E-state index contributed by atoms with van der Waals surface area (Å²) < 4.78 is 10.1. The summed E-state index contributed by atoms with van der Waals surface area (Å²) in [5, 5.41) is 9.54. The smallest absolute Gasteiger partial charge is 0.283 e. The SMILES string of the molecule is CCSC1=NSC2=NC(=O)/C(=C\c3ccc(-c4ccccc4)o3)C(=N)N12. The number of hydrogen-bond acceptors (Lipinski definition) is 6. The van der Waals surface area contributed by atoms with Gasteiger partial charge in [0.1, 0.15) is 17.4 Å². The molecule has 26 heavy (non-hydrogen) atoms. The third-order valence-electron chi connectivity index (χ3n) is 3.74. The molecule has 0 unspecified atom stereocenters. The number of amides is 1. The second kappa shape index (κ2) is 6.97. The lowest BCUT2D eigenvalue weighted by atomic mass is 10.1. The van der Waals surface area contributed by atoms with Gasteiger partial charge in [-0.3, -0.25) is 10.2 Å². The van der Waals surface area contributed by atoms with Gasteiger partial charge in [0, 0.05) is 5.56 Å². The maximum atomic E-state index is 12.4. The molecule has 0 bridgehead atoms. The van der Waals surface area contributed by atoms with Crippen LogP contribution in [0.3, 0.4) is 0 Å². The maximum Gasteiger partial charge on any atom is 0.283 e. The van der Waals surface area contributed by atoms with Gasteiger partial charge < -0.3 is 4.42 Å². The molecule has 0 radical (unpaired) electrons. The number of thioether (sulfide) groups is 1. The minimum absolute atomic E-state index is 0.0716. The van der Waals surface area contributed by atoms with Gasteiger partial charge in [0.15, 0.2) is 5.17 Å². The standard InChI is InChI=1S/C18H14N4O2S2/c1-2-25-18-21-26-17-20-16(23)13(15(19)22(17)18)10-12-8-9-14(24-12)11-6-4-3-5-7-11/h3-10,19H,2H2,1H3/b13-10-,19-15?. The summed E-state index contributed by atoms with van der Waals surface area (Å²) in [5.74, 6) is 1.65. The molecule has 1 aromatic heterocycles. The molecule has 1 aromatic carbocycles. The van der Waals surface area contributed by atoms with E-state index in [1.54, 1.807) is 17.0 Å². The summed E-state index contributed by atoms with van der Waals surface area (Å²) in [5.41, 5.74) is 1.14. The Kier molecular flexibility index (Phi) is 4.52. The highest BCUT2D eigenvalue weighted by Crippen LogP contribution is 2.32. The van der Waals surface area contributed by atoms with Gasteiger partial charge in [-0.1, -0.05) is 49.0 Å². The molecule has 0 saturated heterocycles. The van der Waals surface area contributed by atoms with Crippen molar-refractivity contribution in [1.82, 2.24) is 4.90 Å². The first-order valence-corrected chi connectivity index (χ1v) is 9.70. The third-order valence-corrected chi connectivity index (χ3v) is 5.38. The van der Waals surface area contributed by atoms with Crippen molar-refractivity contribution in [2.45, 2.75) is 6.92 Å². The van der Waals surface area contributed by atoms with E-state index in [0.29, 0.717) is 21.9 Å². The van der Waals surface area contributed by atoms with Crippen molar-refractivity contribution in [2.75, 3.05) is 5.75 Å². The predicted molar refractivity (Wildman–Crippen MR) is 107 cm³/mol. The molecule has 1 amide bonds. The summed E-state index contributed by atoms with van der Waals surface area (Å²) in [6.45, 7) is 2.01. The summed E-state index contributed by atoms with van der Waals surface area (Å²) in [6.07, 6.45) is 1.56. The highest BCUT2D eigenvalue weighted by molar-refractivity contribution is 8.19. The van der Waals surface area contributed by atoms with E-state index in [-0.39, 0.29) is 11.4 Å². The van der Waals surface area contributed by atoms with Gasteiger partial charge in [0.05, 0.1) is 17.5 Å². The van der Waals surface area contributed by atoms with Crippen LogP contribution in [0.4, 0.5) is 0 Å². The lowest BCUT2D eigenvalue weighted by molar-refractivity contribution is -0.114. The number of furan rings is 1. The predicted octanol–water partition coefficient (Wildman–Crippen LogP) is 4.28. The van der Waals surface area contributed by atoms with Gasteiger partial charge in [0.2, 0.25) is 5.17 Å². The average Bonchev–Trinajstić information content (AvgIpc) is 3.27. The Bertz CT molecular complexity index is 976. The minimum atomic E-state index is -0.454. The molecular formula is C18H14N4O2S2. The molecule has 0 spiro atoms. The van der Waals surface area contributed by atoms with Crippen LogP contribution in [0.1, 0.15) is 12.7 Å². The van der Waals surface area contributed by atoms with Crippen molar-refractivity contribution < 1.29 is 9.21 Å². The molecule has 0 aliphatic carbocycles. The Morgan fingerprint density at radius 2 is 2.08 bits per heavy atom. The Morgan fingerprint density at radius 1 is 1.27 bits per heavy atom. The summed E-state index contributed by atoms with van der Waals surface area (Å²) in [4.78, 5) is 18.0. The van der Waals surface area contributed by atoms with Crippen molar-refractivity contribution in [3.05, 3.63) is 53.8 Å². The first-order chi connectivity index (χ1) is 12.7. The van der Waals surface area contributed by atoms with E-state index in [1.807, 2.05) is 43.3 Å². The summed E-state index contributed by atoms with van der Waals surface area (Å²) >= 11 is 2.63. The number of nitrogens with one attached hydrogen (secondary N) is 1. The van der Waals surface area contributed by atoms with Crippen molar-refractivity contribution in [3.63, 3.8) is 0 Å². The largest absolute Gasteiger partial charge is 0.457 e. The van der Waals surface area contributed by atoms with Crippen molar-refractivity contribution in [3.8, 4) is 11.3 Å². The van der Waals surface area contributed by atoms with Crippen molar-refractivity contribution in [1.29, 1.82) is 5.41 Å². The minimum Gasteiger partial charge on any atom is -0.457 e. The lowest BCUT2D eigenvalue weighted by Gasteiger charge is -2.23. The molecule has 3 heterocycles. The number of hydrogen-bond donors (Lipinski definition) is 1. The molecule has 2 aliphatic heterocycles. The lowest BCUT2D eigenvalue weighted by Crippen LogP contribution is -2.41. The van der Waals surface area contributed by atoms with Crippen LogP contribution < -0.4 is 0 Å². The zero-order chi connectivity index (χ0) is 18.1.